The molecule has 0 bridgehead atoms. The van der Waals surface area contributed by atoms with Crippen molar-refractivity contribution in [3.05, 3.63) is 11.4 Å². The number of nitrogens with two attached hydrogens (primary N) is 1. The minimum atomic E-state index is -0.457. The van der Waals surface area contributed by atoms with E-state index in [1.54, 1.807) is 11.8 Å². The Hall–Kier alpha value is -1.01. The van der Waals surface area contributed by atoms with Crippen LogP contribution in [0.1, 0.15) is 17.8 Å². The maximum absolute atomic E-state index is 11.7. The van der Waals surface area contributed by atoms with E-state index in [4.69, 9.17) is 5.73 Å². The number of aromatic amines is 1. The van der Waals surface area contributed by atoms with Crippen molar-refractivity contribution < 1.29 is 4.79 Å². The molecule has 0 unspecified atom stereocenters. The quantitative estimate of drug-likeness (QED) is 0.720. The molecule has 1 aromatic heterocycles. The fraction of sp³-hybridized carbons (Fsp3) is 0.600. The monoisotopic (exact) mass is 242 g/mol. The number of hydrogen-bond donors (Lipinski definition) is 3. The van der Waals surface area contributed by atoms with Crippen molar-refractivity contribution in [3.63, 3.8) is 0 Å². The van der Waals surface area contributed by atoms with Crippen molar-refractivity contribution >= 4 is 23.4 Å². The third kappa shape index (κ3) is 3.24. The van der Waals surface area contributed by atoms with Gasteiger partial charge in [0.15, 0.2) is 0 Å². The highest BCUT2D eigenvalue weighted by Crippen LogP contribution is 2.16. The summed E-state index contributed by atoms with van der Waals surface area (Å²) in [6, 6.07) is -0.457. The first-order chi connectivity index (χ1) is 7.56. The Morgan fingerprint density at radius 3 is 2.81 bits per heavy atom. The van der Waals surface area contributed by atoms with Crippen LogP contribution in [0.25, 0.3) is 0 Å². The van der Waals surface area contributed by atoms with Gasteiger partial charge in [0.1, 0.15) is 0 Å². The third-order valence-electron chi connectivity index (χ3n) is 2.35. The Morgan fingerprint density at radius 1 is 1.62 bits per heavy atom. The number of anilines is 1. The summed E-state index contributed by atoms with van der Waals surface area (Å²) in [5, 5.41) is 9.62. The van der Waals surface area contributed by atoms with Gasteiger partial charge in [-0.1, -0.05) is 0 Å². The molecule has 0 aliphatic heterocycles. The lowest BCUT2D eigenvalue weighted by atomic mass is 10.2. The molecule has 1 aromatic rings. The van der Waals surface area contributed by atoms with Crippen LogP contribution in [0.5, 0.6) is 0 Å². The highest BCUT2D eigenvalue weighted by atomic mass is 32.2. The number of thioether (sulfide) groups is 1. The van der Waals surface area contributed by atoms with Gasteiger partial charge in [-0.05, 0) is 32.3 Å². The normalized spacial score (nSPS) is 12.5. The zero-order valence-electron chi connectivity index (χ0n) is 9.83. The van der Waals surface area contributed by atoms with Crippen molar-refractivity contribution in [2.24, 2.45) is 5.73 Å². The summed E-state index contributed by atoms with van der Waals surface area (Å²) >= 11 is 1.68. The predicted octanol–water partition coefficient (Wildman–Crippen LogP) is 1.05. The Kier molecular flexibility index (Phi) is 4.82. The molecule has 90 valence electrons. The summed E-state index contributed by atoms with van der Waals surface area (Å²) in [6.07, 6.45) is 2.68. The SMILES string of the molecule is CSCC[C@H](N)C(=O)Nc1c(C)n[nH]c1C. The summed E-state index contributed by atoms with van der Waals surface area (Å²) < 4.78 is 0. The molecule has 0 aliphatic rings. The van der Waals surface area contributed by atoms with Crippen molar-refractivity contribution in [1.29, 1.82) is 0 Å². The standard InChI is InChI=1S/C10H18N4OS/c1-6-9(7(2)14-13-6)12-10(15)8(11)4-5-16-3/h8H,4-5,11H2,1-3H3,(H,12,15)(H,13,14)/t8-/m0/s1. The summed E-state index contributed by atoms with van der Waals surface area (Å²) in [6.45, 7) is 3.70. The van der Waals surface area contributed by atoms with E-state index in [2.05, 4.69) is 15.5 Å². The molecule has 0 spiro atoms. The molecule has 5 nitrogen and oxygen atoms in total. The molecule has 6 heteroatoms. The van der Waals surface area contributed by atoms with Crippen LogP contribution in [0.15, 0.2) is 0 Å². The highest BCUT2D eigenvalue weighted by molar-refractivity contribution is 7.98. The fourth-order valence-electron chi connectivity index (χ4n) is 1.33. The molecule has 0 fully saturated rings. The maximum Gasteiger partial charge on any atom is 0.241 e. The lowest BCUT2D eigenvalue weighted by Gasteiger charge is -2.11. The van der Waals surface area contributed by atoms with E-state index >= 15 is 0 Å². The van der Waals surface area contributed by atoms with Gasteiger partial charge in [0.05, 0.1) is 23.1 Å². The first-order valence-electron chi connectivity index (χ1n) is 5.13. The van der Waals surface area contributed by atoms with Gasteiger partial charge in [-0.2, -0.15) is 16.9 Å². The van der Waals surface area contributed by atoms with E-state index in [-0.39, 0.29) is 5.91 Å². The van der Waals surface area contributed by atoms with E-state index in [0.717, 1.165) is 22.8 Å². The van der Waals surface area contributed by atoms with Gasteiger partial charge in [0.2, 0.25) is 5.91 Å². The number of carbonyl (C=O) groups excluding carboxylic acids is 1. The molecule has 1 heterocycles. The predicted molar refractivity (Wildman–Crippen MR) is 67.7 cm³/mol. The van der Waals surface area contributed by atoms with Crippen LogP contribution in [0.2, 0.25) is 0 Å². The van der Waals surface area contributed by atoms with Gasteiger partial charge in [0.25, 0.3) is 0 Å². The average Bonchev–Trinajstić information content (AvgIpc) is 2.57. The molecule has 0 saturated heterocycles. The number of rotatable bonds is 5. The molecule has 0 radical (unpaired) electrons. The zero-order chi connectivity index (χ0) is 12.1. The van der Waals surface area contributed by atoms with E-state index in [1.165, 1.54) is 0 Å². The maximum atomic E-state index is 11.7. The fourth-order valence-corrected chi connectivity index (χ4v) is 1.82. The number of carbonyl (C=O) groups is 1. The molecule has 0 aliphatic carbocycles. The van der Waals surface area contributed by atoms with E-state index in [1.807, 2.05) is 20.1 Å². The zero-order valence-corrected chi connectivity index (χ0v) is 10.6. The van der Waals surface area contributed by atoms with E-state index < -0.39 is 6.04 Å². The van der Waals surface area contributed by atoms with E-state index in [0.29, 0.717) is 6.42 Å². The molecular weight excluding hydrogens is 224 g/mol. The van der Waals surface area contributed by atoms with Crippen molar-refractivity contribution in [2.45, 2.75) is 26.3 Å². The number of nitrogens with zero attached hydrogens (tertiary/aromatic N) is 1. The second-order valence-corrected chi connectivity index (χ2v) is 4.67. The molecule has 0 aromatic carbocycles. The van der Waals surface area contributed by atoms with Gasteiger partial charge in [-0.25, -0.2) is 0 Å². The van der Waals surface area contributed by atoms with Crippen LogP contribution in [-0.4, -0.2) is 34.2 Å². The molecule has 1 amide bonds. The molecule has 16 heavy (non-hydrogen) atoms. The van der Waals surface area contributed by atoms with Crippen molar-refractivity contribution in [2.75, 3.05) is 17.3 Å². The first-order valence-corrected chi connectivity index (χ1v) is 6.52. The second kappa shape index (κ2) is 5.91. The largest absolute Gasteiger partial charge is 0.322 e. The third-order valence-corrected chi connectivity index (χ3v) is 2.99. The molecule has 1 rings (SSSR count). The number of hydrogen-bond acceptors (Lipinski definition) is 4. The van der Waals surface area contributed by atoms with Crippen LogP contribution in [0.3, 0.4) is 0 Å². The Bertz CT molecular complexity index is 344. The molecule has 0 saturated carbocycles. The van der Waals surface area contributed by atoms with Crippen molar-refractivity contribution in [1.82, 2.24) is 10.2 Å². The van der Waals surface area contributed by atoms with Crippen LogP contribution >= 0.6 is 11.8 Å². The lowest BCUT2D eigenvalue weighted by molar-refractivity contribution is -0.117. The highest BCUT2D eigenvalue weighted by Gasteiger charge is 2.16. The number of aryl methyl sites for hydroxylation is 2. The summed E-state index contributed by atoms with van der Waals surface area (Å²) in [5.74, 6) is 0.736. The Labute approximate surface area is 99.6 Å². The smallest absolute Gasteiger partial charge is 0.241 e. The van der Waals surface area contributed by atoms with Gasteiger partial charge in [0, 0.05) is 0 Å². The van der Waals surface area contributed by atoms with Crippen LogP contribution in [-0.2, 0) is 4.79 Å². The van der Waals surface area contributed by atoms with Gasteiger partial charge >= 0.3 is 0 Å². The van der Waals surface area contributed by atoms with Gasteiger partial charge in [-0.3, -0.25) is 9.89 Å². The van der Waals surface area contributed by atoms with Crippen molar-refractivity contribution in [3.8, 4) is 0 Å². The van der Waals surface area contributed by atoms with Gasteiger partial charge < -0.3 is 11.1 Å². The number of nitrogens with one attached hydrogen (secondary N) is 2. The summed E-state index contributed by atoms with van der Waals surface area (Å²) in [5.41, 5.74) is 8.13. The minimum absolute atomic E-state index is 0.151. The summed E-state index contributed by atoms with van der Waals surface area (Å²) in [7, 11) is 0. The molecular formula is C10H18N4OS. The first kappa shape index (κ1) is 13.1. The van der Waals surface area contributed by atoms with Crippen LogP contribution in [0, 0.1) is 13.8 Å². The second-order valence-electron chi connectivity index (χ2n) is 3.69. The van der Waals surface area contributed by atoms with Crippen LogP contribution in [0.4, 0.5) is 5.69 Å². The van der Waals surface area contributed by atoms with E-state index in [9.17, 15) is 4.79 Å². The number of aromatic nitrogens is 2. The topological polar surface area (TPSA) is 83.8 Å². The van der Waals surface area contributed by atoms with Gasteiger partial charge in [-0.15, -0.1) is 0 Å². The lowest BCUT2D eigenvalue weighted by Crippen LogP contribution is -2.36. The number of amides is 1. The minimum Gasteiger partial charge on any atom is -0.322 e. The Morgan fingerprint density at radius 2 is 2.31 bits per heavy atom. The number of H-pyrrole nitrogens is 1. The Balaban J connectivity index is 2.57. The molecule has 4 N–H and O–H groups in total. The van der Waals surface area contributed by atoms with Crippen LogP contribution < -0.4 is 11.1 Å². The average molecular weight is 242 g/mol. The molecule has 1 atom stereocenters. The summed E-state index contributed by atoms with van der Waals surface area (Å²) in [4.78, 5) is 11.7.